The number of esters is 1. The average Bonchev–Trinajstić information content (AvgIpc) is 3.86. The number of benzene rings is 2. The lowest BCUT2D eigenvalue weighted by atomic mass is 9.70. The van der Waals surface area contributed by atoms with Crippen LogP contribution in [0, 0.1) is 11.8 Å². The molecule has 13 nitrogen and oxygen atoms in total. The zero-order valence-electron chi connectivity index (χ0n) is 28.6. The number of allylic oxidation sites excluding steroid dienone is 1. The summed E-state index contributed by atoms with van der Waals surface area (Å²) in [7, 11) is 0. The van der Waals surface area contributed by atoms with Gasteiger partial charge in [-0.25, -0.2) is 4.68 Å². The molecular formula is C37H43BrN6O7. The number of ether oxygens (including phenoxy) is 2. The van der Waals surface area contributed by atoms with Crippen LogP contribution in [-0.4, -0.2) is 101 Å². The van der Waals surface area contributed by atoms with Crippen molar-refractivity contribution in [3.8, 4) is 0 Å². The van der Waals surface area contributed by atoms with Crippen LogP contribution in [0.25, 0.3) is 11.0 Å². The quantitative estimate of drug-likeness (QED) is 0.135. The molecule has 2 N–H and O–H groups in total. The summed E-state index contributed by atoms with van der Waals surface area (Å²) in [5.41, 5.74) is 0.656. The maximum absolute atomic E-state index is 14.8. The lowest BCUT2D eigenvalue weighted by Gasteiger charge is -2.38. The molecule has 1 spiro atoms. The first-order valence-electron chi connectivity index (χ1n) is 17.1. The summed E-state index contributed by atoms with van der Waals surface area (Å²) < 4.78 is 14.5. The fourth-order valence-electron chi connectivity index (χ4n) is 7.85. The first-order chi connectivity index (χ1) is 24.6. The second-order valence-electron chi connectivity index (χ2n) is 13.5. The zero-order chi connectivity index (χ0) is 36.4. The maximum atomic E-state index is 14.8. The summed E-state index contributed by atoms with van der Waals surface area (Å²) in [5.74, 6) is -3.91. The second-order valence-corrected chi connectivity index (χ2v) is 14.6. The molecule has 1 unspecified atom stereocenters. The van der Waals surface area contributed by atoms with Crippen LogP contribution in [0.2, 0.25) is 0 Å². The molecule has 3 amide bonds. The lowest BCUT2D eigenvalue weighted by Crippen LogP contribution is -2.58. The van der Waals surface area contributed by atoms with E-state index in [2.05, 4.69) is 44.7 Å². The first-order valence-corrected chi connectivity index (χ1v) is 18.1. The molecule has 3 aliphatic rings. The van der Waals surface area contributed by atoms with Crippen LogP contribution >= 0.6 is 15.9 Å². The highest BCUT2D eigenvalue weighted by Crippen LogP contribution is 2.61. The topological polar surface area (TPSA) is 156 Å². The summed E-state index contributed by atoms with van der Waals surface area (Å²) in [5, 5.41) is 21.7. The number of rotatable bonds is 15. The minimum absolute atomic E-state index is 0.0138. The van der Waals surface area contributed by atoms with Crippen molar-refractivity contribution in [2.75, 3.05) is 13.2 Å². The van der Waals surface area contributed by atoms with E-state index in [1.165, 1.54) is 9.80 Å². The van der Waals surface area contributed by atoms with Crippen molar-refractivity contribution in [2.45, 2.75) is 80.5 Å². The van der Waals surface area contributed by atoms with Crippen molar-refractivity contribution in [3.05, 3.63) is 85.5 Å². The first kappa shape index (κ1) is 36.4. The van der Waals surface area contributed by atoms with E-state index >= 15 is 0 Å². The van der Waals surface area contributed by atoms with Crippen LogP contribution in [0.5, 0.6) is 0 Å². The van der Waals surface area contributed by atoms with E-state index in [0.717, 1.165) is 5.52 Å². The standard InChI is InChI=1S/C37H43BrN6O7/c1-5-7-17-28(46)39-23(4)31(24-13-9-8-10-14-24)50-36(49)29-30-34(47)44(22(3)20-45)33(37(30)19-25(38)32(29)51-37)35(48)42(18-6-2)21-43-27-16-12-11-15-26(27)40-41-43/h5-6,8-16,22-23,25,29-33,45H,1-2,7,17-21H2,3-4H3,(H,39,46)/t22-,23+,25?,29+,30-,31+,32+,33+,37-/m1/s1. The summed E-state index contributed by atoms with van der Waals surface area (Å²) in [6.45, 7) is 10.7. The number of likely N-dealkylation sites (tertiary alicyclic amines) is 1. The number of nitrogens with one attached hydrogen (secondary N) is 1. The number of aromatic nitrogens is 3. The molecule has 0 aliphatic carbocycles. The van der Waals surface area contributed by atoms with Gasteiger partial charge in [0.05, 0.1) is 42.1 Å². The number of aliphatic hydroxyl groups is 1. The zero-order valence-corrected chi connectivity index (χ0v) is 30.2. The Kier molecular flexibility index (Phi) is 10.7. The minimum Gasteiger partial charge on any atom is -0.455 e. The molecular weight excluding hydrogens is 720 g/mol. The molecule has 1 aromatic heterocycles. The Bertz CT molecular complexity index is 1800. The van der Waals surface area contributed by atoms with Gasteiger partial charge in [0.15, 0.2) is 0 Å². The Morgan fingerprint density at radius 1 is 1.16 bits per heavy atom. The van der Waals surface area contributed by atoms with Crippen LogP contribution in [0.3, 0.4) is 0 Å². The molecule has 2 aromatic carbocycles. The molecule has 4 heterocycles. The number of amides is 3. The fourth-order valence-corrected chi connectivity index (χ4v) is 8.79. The highest BCUT2D eigenvalue weighted by atomic mass is 79.9. The van der Waals surface area contributed by atoms with Crippen molar-refractivity contribution in [3.63, 3.8) is 0 Å². The SMILES string of the molecule is C=CCCC(=O)N[C@@H](C)[C@H](OC(=O)[C@@H]1[C@H]2O[C@@]3(CC2Br)[C@H](C(=O)N(CC=C)Cn2nnc4ccccc42)N([C@H](C)CO)C(=O)[C@@H]13)c1ccccc1. The Balaban J connectivity index is 1.33. The summed E-state index contributed by atoms with van der Waals surface area (Å²) in [6.07, 6.45) is 2.60. The third-order valence-electron chi connectivity index (χ3n) is 10.1. The van der Waals surface area contributed by atoms with Gasteiger partial charge in [0.2, 0.25) is 17.7 Å². The summed E-state index contributed by atoms with van der Waals surface area (Å²) >= 11 is 3.71. The van der Waals surface area contributed by atoms with E-state index in [9.17, 15) is 24.3 Å². The molecule has 0 saturated carbocycles. The van der Waals surface area contributed by atoms with Gasteiger partial charge < -0.3 is 29.7 Å². The highest BCUT2D eigenvalue weighted by molar-refractivity contribution is 9.09. The predicted octanol–water partition coefficient (Wildman–Crippen LogP) is 3.29. The van der Waals surface area contributed by atoms with Crippen LogP contribution in [0.15, 0.2) is 79.9 Å². The number of alkyl halides is 1. The van der Waals surface area contributed by atoms with E-state index in [1.54, 1.807) is 30.7 Å². The van der Waals surface area contributed by atoms with Gasteiger partial charge >= 0.3 is 5.97 Å². The smallest absolute Gasteiger partial charge is 0.313 e. The largest absolute Gasteiger partial charge is 0.455 e. The van der Waals surface area contributed by atoms with Crippen LogP contribution < -0.4 is 5.32 Å². The van der Waals surface area contributed by atoms with E-state index in [4.69, 9.17) is 9.47 Å². The summed E-state index contributed by atoms with van der Waals surface area (Å²) in [4.78, 5) is 58.9. The molecule has 3 aliphatic heterocycles. The molecule has 3 aromatic rings. The molecule has 3 saturated heterocycles. The number of halogens is 1. The molecule has 3 fully saturated rings. The molecule has 270 valence electrons. The van der Waals surface area contributed by atoms with Gasteiger partial charge in [0, 0.05) is 17.8 Å². The normalized spacial score (nSPS) is 26.7. The van der Waals surface area contributed by atoms with Gasteiger partial charge in [-0.15, -0.1) is 18.3 Å². The second kappa shape index (κ2) is 15.1. The fraction of sp³-hybridized carbons (Fsp3) is 0.459. The molecule has 6 rings (SSSR count). The molecule has 2 bridgehead atoms. The van der Waals surface area contributed by atoms with Crippen LogP contribution in [-0.2, 0) is 35.3 Å². The third-order valence-corrected chi connectivity index (χ3v) is 11.0. The Morgan fingerprint density at radius 2 is 1.88 bits per heavy atom. The van der Waals surface area contributed by atoms with E-state index in [-0.39, 0.29) is 36.8 Å². The van der Waals surface area contributed by atoms with Crippen molar-refractivity contribution in [2.24, 2.45) is 11.8 Å². The van der Waals surface area contributed by atoms with Gasteiger partial charge in [0.1, 0.15) is 29.9 Å². The van der Waals surface area contributed by atoms with Gasteiger partial charge in [-0.1, -0.05) is 75.8 Å². The summed E-state index contributed by atoms with van der Waals surface area (Å²) in [6, 6.07) is 13.9. The molecule has 0 radical (unpaired) electrons. The Labute approximate surface area is 304 Å². The monoisotopic (exact) mass is 762 g/mol. The maximum Gasteiger partial charge on any atom is 0.313 e. The molecule has 9 atom stereocenters. The molecule has 51 heavy (non-hydrogen) atoms. The predicted molar refractivity (Wildman–Crippen MR) is 191 cm³/mol. The minimum atomic E-state index is -1.39. The van der Waals surface area contributed by atoms with Crippen LogP contribution in [0.4, 0.5) is 0 Å². The number of hydrogen-bond donors (Lipinski definition) is 2. The van der Waals surface area contributed by atoms with Gasteiger partial charge in [-0.05, 0) is 44.4 Å². The average molecular weight is 764 g/mol. The Hall–Kier alpha value is -4.40. The van der Waals surface area contributed by atoms with Crippen molar-refractivity contribution in [1.29, 1.82) is 0 Å². The van der Waals surface area contributed by atoms with Crippen molar-refractivity contribution >= 4 is 50.7 Å². The van der Waals surface area contributed by atoms with E-state index < -0.39 is 72.2 Å². The van der Waals surface area contributed by atoms with E-state index in [1.807, 2.05) is 54.6 Å². The van der Waals surface area contributed by atoms with Gasteiger partial charge in [-0.2, -0.15) is 0 Å². The number of carbonyl (C=O) groups is 4. The number of carbonyl (C=O) groups excluding carboxylic acids is 4. The van der Waals surface area contributed by atoms with Gasteiger partial charge in [-0.3, -0.25) is 19.2 Å². The van der Waals surface area contributed by atoms with Gasteiger partial charge in [0.25, 0.3) is 0 Å². The Morgan fingerprint density at radius 3 is 2.59 bits per heavy atom. The number of hydrogen-bond acceptors (Lipinski definition) is 9. The number of fused-ring (bicyclic) bond motifs is 2. The van der Waals surface area contributed by atoms with Crippen LogP contribution in [0.1, 0.15) is 44.8 Å². The molecule has 14 heteroatoms. The van der Waals surface area contributed by atoms with E-state index in [0.29, 0.717) is 17.5 Å². The third kappa shape index (κ3) is 6.60. The van der Waals surface area contributed by atoms with Crippen molar-refractivity contribution < 1.29 is 33.8 Å². The van der Waals surface area contributed by atoms with Crippen molar-refractivity contribution in [1.82, 2.24) is 30.1 Å². The lowest BCUT2D eigenvalue weighted by molar-refractivity contribution is -0.162. The number of aliphatic hydroxyl groups excluding tert-OH is 1. The number of nitrogens with zero attached hydrogens (tertiary/aromatic N) is 5. The number of para-hydroxylation sites is 1. The highest BCUT2D eigenvalue weighted by Gasteiger charge is 2.77.